The number of fused-ring (bicyclic) bond motifs is 1. The SMILES string of the molecule is Nc1ncnc2c1ncn2[C@@H]1CC[C@@H](O)[C@@H](O)C1. The quantitative estimate of drug-likeness (QED) is 0.648. The van der Waals surface area contributed by atoms with E-state index in [0.717, 1.165) is 6.42 Å². The van der Waals surface area contributed by atoms with Gasteiger partial charge in [-0.15, -0.1) is 0 Å². The highest BCUT2D eigenvalue weighted by atomic mass is 16.3. The monoisotopic (exact) mass is 249 g/mol. The van der Waals surface area contributed by atoms with Crippen LogP contribution < -0.4 is 5.73 Å². The van der Waals surface area contributed by atoms with Gasteiger partial charge in [0, 0.05) is 6.04 Å². The summed E-state index contributed by atoms with van der Waals surface area (Å²) in [7, 11) is 0. The number of nitrogen functional groups attached to an aromatic ring is 1. The second-order valence-corrected chi connectivity index (χ2v) is 4.68. The van der Waals surface area contributed by atoms with Crippen LogP contribution in [0.25, 0.3) is 11.2 Å². The first kappa shape index (κ1) is 11.4. The largest absolute Gasteiger partial charge is 0.390 e. The molecule has 18 heavy (non-hydrogen) atoms. The van der Waals surface area contributed by atoms with E-state index in [1.807, 2.05) is 4.57 Å². The lowest BCUT2D eigenvalue weighted by molar-refractivity contribution is -0.0226. The van der Waals surface area contributed by atoms with Crippen LogP contribution in [0, 0.1) is 0 Å². The summed E-state index contributed by atoms with van der Waals surface area (Å²) in [5.41, 5.74) is 6.99. The summed E-state index contributed by atoms with van der Waals surface area (Å²) in [6, 6.07) is 0.0858. The van der Waals surface area contributed by atoms with E-state index in [1.165, 1.54) is 6.33 Å². The van der Waals surface area contributed by atoms with Crippen molar-refractivity contribution in [1.29, 1.82) is 0 Å². The van der Waals surface area contributed by atoms with Crippen molar-refractivity contribution in [2.24, 2.45) is 0 Å². The Balaban J connectivity index is 1.98. The summed E-state index contributed by atoms with van der Waals surface area (Å²) >= 11 is 0. The van der Waals surface area contributed by atoms with Crippen LogP contribution in [0.5, 0.6) is 0 Å². The van der Waals surface area contributed by atoms with Crippen molar-refractivity contribution in [3.63, 3.8) is 0 Å². The van der Waals surface area contributed by atoms with Crippen molar-refractivity contribution >= 4 is 17.0 Å². The molecule has 0 bridgehead atoms. The number of nitrogens with zero attached hydrogens (tertiary/aromatic N) is 4. The van der Waals surface area contributed by atoms with Crippen LogP contribution in [0.4, 0.5) is 5.82 Å². The van der Waals surface area contributed by atoms with Gasteiger partial charge < -0.3 is 20.5 Å². The van der Waals surface area contributed by atoms with Crippen molar-refractivity contribution in [2.75, 3.05) is 5.73 Å². The molecular formula is C11H15N5O2. The van der Waals surface area contributed by atoms with Crippen LogP contribution in [0.1, 0.15) is 25.3 Å². The summed E-state index contributed by atoms with van der Waals surface area (Å²) in [5, 5.41) is 19.3. The van der Waals surface area contributed by atoms with E-state index in [-0.39, 0.29) is 6.04 Å². The van der Waals surface area contributed by atoms with Gasteiger partial charge in [-0.25, -0.2) is 15.0 Å². The Hall–Kier alpha value is -1.73. The van der Waals surface area contributed by atoms with Gasteiger partial charge in [0.15, 0.2) is 11.5 Å². The molecule has 0 radical (unpaired) electrons. The number of aliphatic hydroxyl groups is 2. The van der Waals surface area contributed by atoms with E-state index in [0.29, 0.717) is 29.8 Å². The van der Waals surface area contributed by atoms with Crippen molar-refractivity contribution in [3.8, 4) is 0 Å². The molecule has 3 rings (SSSR count). The predicted molar refractivity (Wildman–Crippen MR) is 64.6 cm³/mol. The lowest BCUT2D eigenvalue weighted by Crippen LogP contribution is -2.34. The van der Waals surface area contributed by atoms with Crippen molar-refractivity contribution in [2.45, 2.75) is 37.5 Å². The third-order valence-electron chi connectivity index (χ3n) is 3.53. The molecule has 7 nitrogen and oxygen atoms in total. The minimum Gasteiger partial charge on any atom is -0.390 e. The van der Waals surface area contributed by atoms with Crippen LogP contribution in [-0.2, 0) is 0 Å². The van der Waals surface area contributed by atoms with E-state index >= 15 is 0 Å². The molecule has 7 heteroatoms. The second kappa shape index (κ2) is 4.18. The minimum atomic E-state index is -0.694. The Morgan fingerprint density at radius 1 is 1.17 bits per heavy atom. The molecule has 2 aromatic heterocycles. The summed E-state index contributed by atoms with van der Waals surface area (Å²) < 4.78 is 1.91. The van der Waals surface area contributed by atoms with Crippen molar-refractivity contribution in [1.82, 2.24) is 19.5 Å². The number of aliphatic hydroxyl groups excluding tert-OH is 2. The first-order valence-electron chi connectivity index (χ1n) is 5.96. The van der Waals surface area contributed by atoms with Crippen LogP contribution in [0.15, 0.2) is 12.7 Å². The zero-order valence-electron chi connectivity index (χ0n) is 9.77. The Labute approximate surface area is 103 Å². The smallest absolute Gasteiger partial charge is 0.165 e. The summed E-state index contributed by atoms with van der Waals surface area (Å²) in [6.45, 7) is 0. The average molecular weight is 249 g/mol. The maximum Gasteiger partial charge on any atom is 0.165 e. The molecule has 0 spiro atoms. The van der Waals surface area contributed by atoms with Gasteiger partial charge in [0.2, 0.25) is 0 Å². The maximum atomic E-state index is 9.73. The number of hydrogen-bond donors (Lipinski definition) is 3. The highest BCUT2D eigenvalue weighted by Crippen LogP contribution is 2.31. The zero-order valence-corrected chi connectivity index (χ0v) is 9.77. The fourth-order valence-electron chi connectivity index (χ4n) is 2.50. The topological polar surface area (TPSA) is 110 Å². The molecule has 0 saturated heterocycles. The number of anilines is 1. The molecule has 0 amide bonds. The van der Waals surface area contributed by atoms with Gasteiger partial charge in [-0.2, -0.15) is 0 Å². The first-order chi connectivity index (χ1) is 8.66. The molecule has 1 saturated carbocycles. The van der Waals surface area contributed by atoms with Gasteiger partial charge in [0.1, 0.15) is 11.8 Å². The molecule has 96 valence electrons. The van der Waals surface area contributed by atoms with Gasteiger partial charge in [-0.3, -0.25) is 0 Å². The molecule has 1 aliphatic rings. The third kappa shape index (κ3) is 1.72. The highest BCUT2D eigenvalue weighted by Gasteiger charge is 2.29. The fourth-order valence-corrected chi connectivity index (χ4v) is 2.50. The molecule has 3 atom stereocenters. The number of nitrogens with two attached hydrogens (primary N) is 1. The van der Waals surface area contributed by atoms with Crippen molar-refractivity contribution < 1.29 is 10.2 Å². The van der Waals surface area contributed by atoms with Crippen LogP contribution in [-0.4, -0.2) is 41.9 Å². The molecule has 0 aliphatic heterocycles. The van der Waals surface area contributed by atoms with Gasteiger partial charge in [-0.1, -0.05) is 0 Å². The van der Waals surface area contributed by atoms with Gasteiger partial charge in [0.25, 0.3) is 0 Å². The second-order valence-electron chi connectivity index (χ2n) is 4.68. The molecule has 2 heterocycles. The lowest BCUT2D eigenvalue weighted by Gasteiger charge is -2.30. The predicted octanol–water partition coefficient (Wildman–Crippen LogP) is -0.145. The summed E-state index contributed by atoms with van der Waals surface area (Å²) in [4.78, 5) is 12.3. The van der Waals surface area contributed by atoms with Gasteiger partial charge >= 0.3 is 0 Å². The molecule has 1 aliphatic carbocycles. The average Bonchev–Trinajstić information content (AvgIpc) is 2.78. The lowest BCUT2D eigenvalue weighted by atomic mass is 9.90. The van der Waals surface area contributed by atoms with Crippen LogP contribution in [0.2, 0.25) is 0 Å². The standard InChI is InChI=1S/C11H15N5O2/c12-10-9-11(14-4-13-10)16(5-15-9)6-1-2-7(17)8(18)3-6/h4-8,17-18H,1-3H2,(H2,12,13,14)/t6-,7-,8+/m1/s1. The summed E-state index contributed by atoms with van der Waals surface area (Å²) in [6.07, 6.45) is 3.61. The minimum absolute atomic E-state index is 0.0858. The molecule has 0 aromatic carbocycles. The van der Waals surface area contributed by atoms with Crippen LogP contribution >= 0.6 is 0 Å². The fraction of sp³-hybridized carbons (Fsp3) is 0.545. The van der Waals surface area contributed by atoms with E-state index in [9.17, 15) is 10.2 Å². The molecule has 2 aromatic rings. The van der Waals surface area contributed by atoms with Gasteiger partial charge in [0.05, 0.1) is 18.5 Å². The van der Waals surface area contributed by atoms with E-state index < -0.39 is 12.2 Å². The molecule has 1 fully saturated rings. The Kier molecular flexibility index (Phi) is 2.64. The Bertz CT molecular complexity index is 570. The normalized spacial score (nSPS) is 28.7. The van der Waals surface area contributed by atoms with Crippen molar-refractivity contribution in [3.05, 3.63) is 12.7 Å². The number of imidazole rings is 1. The Morgan fingerprint density at radius 2 is 2.00 bits per heavy atom. The van der Waals surface area contributed by atoms with E-state index in [4.69, 9.17) is 5.73 Å². The summed E-state index contributed by atoms with van der Waals surface area (Å²) in [5.74, 6) is 0.357. The van der Waals surface area contributed by atoms with E-state index in [2.05, 4.69) is 15.0 Å². The van der Waals surface area contributed by atoms with E-state index in [1.54, 1.807) is 6.33 Å². The molecular weight excluding hydrogens is 234 g/mol. The van der Waals surface area contributed by atoms with Crippen LogP contribution in [0.3, 0.4) is 0 Å². The van der Waals surface area contributed by atoms with Gasteiger partial charge in [-0.05, 0) is 19.3 Å². The molecule has 0 unspecified atom stereocenters. The molecule has 4 N–H and O–H groups in total. The Morgan fingerprint density at radius 3 is 2.78 bits per heavy atom. The first-order valence-corrected chi connectivity index (χ1v) is 5.96. The highest BCUT2D eigenvalue weighted by molar-refractivity contribution is 5.81. The third-order valence-corrected chi connectivity index (χ3v) is 3.53. The maximum absolute atomic E-state index is 9.73. The number of aromatic nitrogens is 4. The zero-order chi connectivity index (χ0) is 12.7. The number of hydrogen-bond acceptors (Lipinski definition) is 6. The number of rotatable bonds is 1.